The van der Waals surface area contributed by atoms with Crippen molar-refractivity contribution in [3.8, 4) is 6.07 Å². The molecule has 1 heterocycles. The van der Waals surface area contributed by atoms with Gasteiger partial charge in [0.05, 0.1) is 24.0 Å². The Labute approximate surface area is 143 Å². The monoisotopic (exact) mass is 352 g/mol. The Morgan fingerprint density at radius 2 is 2.17 bits per heavy atom. The summed E-state index contributed by atoms with van der Waals surface area (Å²) in [5.41, 5.74) is 6.61. The number of nitriles is 1. The van der Waals surface area contributed by atoms with Gasteiger partial charge in [0.1, 0.15) is 17.4 Å². The van der Waals surface area contributed by atoms with E-state index in [9.17, 15) is 10.1 Å². The Hall–Kier alpha value is -2.16. The molecule has 2 N–H and O–H groups in total. The normalized spacial score (nSPS) is 17.6. The van der Waals surface area contributed by atoms with Gasteiger partial charge in [-0.1, -0.05) is 29.8 Å². The van der Waals surface area contributed by atoms with Gasteiger partial charge in [-0.2, -0.15) is 5.26 Å². The molecule has 1 atom stereocenters. The second-order valence-corrected chi connectivity index (χ2v) is 5.31. The number of allylic oxidation sites excluding steroid dienone is 2. The third-order valence-corrected chi connectivity index (χ3v) is 3.92. The van der Waals surface area contributed by atoms with Crippen LogP contribution in [-0.4, -0.2) is 18.5 Å². The molecule has 2 rings (SSSR count). The van der Waals surface area contributed by atoms with Gasteiger partial charge in [-0.15, -0.1) is 11.6 Å². The largest absolute Gasteiger partial charge is 0.463 e. The lowest BCUT2D eigenvalue weighted by Gasteiger charge is -2.27. The summed E-state index contributed by atoms with van der Waals surface area (Å²) in [5.74, 6) is -1.43. The standard InChI is InChI=1S/C16H14Cl2N2O3/c1-2-22-16(21)14-12(7-17)23-15(20)10(8-19)13(14)9-5-3-4-6-11(9)18/h3-6,13H,2,7,20H2,1H3/t13-/m0/s1. The van der Waals surface area contributed by atoms with Crippen molar-refractivity contribution in [3.63, 3.8) is 0 Å². The summed E-state index contributed by atoms with van der Waals surface area (Å²) in [6.45, 7) is 1.86. The van der Waals surface area contributed by atoms with Crippen LogP contribution in [0, 0.1) is 11.3 Å². The first-order valence-electron chi connectivity index (χ1n) is 6.83. The average molecular weight is 353 g/mol. The highest BCUT2D eigenvalue weighted by atomic mass is 35.5. The Morgan fingerprint density at radius 3 is 2.74 bits per heavy atom. The lowest BCUT2D eigenvalue weighted by molar-refractivity contribution is -0.139. The molecule has 0 fully saturated rings. The van der Waals surface area contributed by atoms with E-state index >= 15 is 0 Å². The number of nitrogens with two attached hydrogens (primary N) is 1. The zero-order valence-electron chi connectivity index (χ0n) is 12.3. The van der Waals surface area contributed by atoms with E-state index in [1.165, 1.54) is 0 Å². The fraction of sp³-hybridized carbons (Fsp3) is 0.250. The molecule has 0 spiro atoms. The number of halogens is 2. The summed E-state index contributed by atoms with van der Waals surface area (Å²) in [6, 6.07) is 8.88. The lowest BCUT2D eigenvalue weighted by Crippen LogP contribution is -2.27. The maximum atomic E-state index is 12.4. The van der Waals surface area contributed by atoms with Crippen LogP contribution in [0.5, 0.6) is 0 Å². The fourth-order valence-corrected chi connectivity index (χ4v) is 2.81. The van der Waals surface area contributed by atoms with Gasteiger partial charge in [0.15, 0.2) is 0 Å². The molecule has 1 aromatic rings. The van der Waals surface area contributed by atoms with Crippen LogP contribution < -0.4 is 5.73 Å². The van der Waals surface area contributed by atoms with E-state index in [-0.39, 0.29) is 35.3 Å². The van der Waals surface area contributed by atoms with Gasteiger partial charge in [0, 0.05) is 5.02 Å². The summed E-state index contributed by atoms with van der Waals surface area (Å²) in [6.07, 6.45) is 0. The van der Waals surface area contributed by atoms with Crippen molar-refractivity contribution in [1.82, 2.24) is 0 Å². The average Bonchev–Trinajstić information content (AvgIpc) is 2.54. The molecular weight excluding hydrogens is 339 g/mol. The zero-order valence-corrected chi connectivity index (χ0v) is 13.8. The molecule has 7 heteroatoms. The topological polar surface area (TPSA) is 85.3 Å². The first kappa shape index (κ1) is 17.2. The number of ether oxygens (including phenoxy) is 2. The molecule has 0 saturated carbocycles. The Morgan fingerprint density at radius 1 is 1.48 bits per heavy atom. The number of carbonyl (C=O) groups is 1. The minimum Gasteiger partial charge on any atom is -0.463 e. The Kier molecular flexibility index (Phi) is 5.54. The molecule has 0 radical (unpaired) electrons. The number of alkyl halides is 1. The number of nitrogens with zero attached hydrogens (tertiary/aromatic N) is 1. The second-order valence-electron chi connectivity index (χ2n) is 4.64. The number of hydrogen-bond donors (Lipinski definition) is 1. The first-order valence-corrected chi connectivity index (χ1v) is 7.74. The first-order chi connectivity index (χ1) is 11.0. The van der Waals surface area contributed by atoms with E-state index in [0.29, 0.717) is 10.6 Å². The van der Waals surface area contributed by atoms with Crippen LogP contribution in [0.3, 0.4) is 0 Å². The van der Waals surface area contributed by atoms with Crippen molar-refractivity contribution in [1.29, 1.82) is 5.26 Å². The second kappa shape index (κ2) is 7.40. The van der Waals surface area contributed by atoms with Gasteiger partial charge >= 0.3 is 5.97 Å². The van der Waals surface area contributed by atoms with Gasteiger partial charge in [-0.05, 0) is 18.6 Å². The van der Waals surface area contributed by atoms with Crippen LogP contribution in [0.15, 0.2) is 47.1 Å². The number of carbonyl (C=O) groups excluding carboxylic acids is 1. The van der Waals surface area contributed by atoms with Crippen molar-refractivity contribution in [3.05, 3.63) is 57.6 Å². The molecule has 0 bridgehead atoms. The minimum absolute atomic E-state index is 0.0888. The van der Waals surface area contributed by atoms with Crippen LogP contribution in [0.4, 0.5) is 0 Å². The maximum absolute atomic E-state index is 12.4. The SMILES string of the molecule is CCOC(=O)C1=C(CCl)OC(N)=C(C#N)[C@@H]1c1ccccc1Cl. The molecule has 0 aromatic heterocycles. The predicted molar refractivity (Wildman–Crippen MR) is 86.5 cm³/mol. The van der Waals surface area contributed by atoms with E-state index in [1.54, 1.807) is 31.2 Å². The van der Waals surface area contributed by atoms with Crippen LogP contribution in [0.25, 0.3) is 0 Å². The quantitative estimate of drug-likeness (QED) is 0.664. The highest BCUT2D eigenvalue weighted by Gasteiger charge is 2.38. The molecule has 23 heavy (non-hydrogen) atoms. The van der Waals surface area contributed by atoms with Crippen molar-refractivity contribution in [2.24, 2.45) is 5.73 Å². The van der Waals surface area contributed by atoms with Gasteiger partial charge in [-0.3, -0.25) is 0 Å². The van der Waals surface area contributed by atoms with Crippen molar-refractivity contribution < 1.29 is 14.3 Å². The number of hydrogen-bond acceptors (Lipinski definition) is 5. The smallest absolute Gasteiger partial charge is 0.338 e. The zero-order chi connectivity index (χ0) is 17.0. The van der Waals surface area contributed by atoms with E-state index in [0.717, 1.165) is 0 Å². The van der Waals surface area contributed by atoms with Gasteiger partial charge < -0.3 is 15.2 Å². The molecule has 5 nitrogen and oxygen atoms in total. The lowest BCUT2D eigenvalue weighted by atomic mass is 9.83. The highest BCUT2D eigenvalue weighted by molar-refractivity contribution is 6.31. The molecular formula is C16H14Cl2N2O3. The van der Waals surface area contributed by atoms with Gasteiger partial charge in [0.2, 0.25) is 5.88 Å². The van der Waals surface area contributed by atoms with Crippen LogP contribution in [0.1, 0.15) is 18.4 Å². The number of rotatable bonds is 4. The summed E-state index contributed by atoms with van der Waals surface area (Å²) in [5, 5.41) is 9.85. The minimum atomic E-state index is -0.782. The molecule has 0 amide bonds. The van der Waals surface area contributed by atoms with E-state index in [4.69, 9.17) is 38.4 Å². The van der Waals surface area contributed by atoms with Crippen molar-refractivity contribution >= 4 is 29.2 Å². The molecule has 0 unspecified atom stereocenters. The number of benzene rings is 1. The third-order valence-electron chi connectivity index (χ3n) is 3.33. The highest BCUT2D eigenvalue weighted by Crippen LogP contribution is 2.42. The number of esters is 1. The van der Waals surface area contributed by atoms with E-state index < -0.39 is 11.9 Å². The van der Waals surface area contributed by atoms with E-state index in [1.807, 2.05) is 6.07 Å². The van der Waals surface area contributed by atoms with Crippen LogP contribution in [0.2, 0.25) is 5.02 Å². The van der Waals surface area contributed by atoms with Crippen molar-refractivity contribution in [2.45, 2.75) is 12.8 Å². The molecule has 0 saturated heterocycles. The van der Waals surface area contributed by atoms with Gasteiger partial charge in [-0.25, -0.2) is 4.79 Å². The predicted octanol–water partition coefficient (Wildman–Crippen LogP) is 3.20. The Bertz CT molecular complexity index is 735. The van der Waals surface area contributed by atoms with Crippen LogP contribution >= 0.6 is 23.2 Å². The van der Waals surface area contributed by atoms with Crippen LogP contribution in [-0.2, 0) is 14.3 Å². The van der Waals surface area contributed by atoms with Gasteiger partial charge in [0.25, 0.3) is 0 Å². The molecule has 1 aliphatic rings. The fourth-order valence-electron chi connectivity index (χ4n) is 2.37. The molecule has 0 aliphatic carbocycles. The summed E-state index contributed by atoms with van der Waals surface area (Å²) >= 11 is 12.1. The summed E-state index contributed by atoms with van der Waals surface area (Å²) in [4.78, 5) is 12.4. The van der Waals surface area contributed by atoms with E-state index in [2.05, 4.69) is 0 Å². The molecule has 120 valence electrons. The maximum Gasteiger partial charge on any atom is 0.338 e. The van der Waals surface area contributed by atoms with Crippen molar-refractivity contribution in [2.75, 3.05) is 12.5 Å². The molecule has 1 aromatic carbocycles. The third kappa shape index (κ3) is 3.29. The Balaban J connectivity index is 2.69. The molecule has 1 aliphatic heterocycles. The summed E-state index contributed by atoms with van der Waals surface area (Å²) < 4.78 is 10.4. The summed E-state index contributed by atoms with van der Waals surface area (Å²) in [7, 11) is 0.